The van der Waals surface area contributed by atoms with Crippen LogP contribution >= 0.6 is 0 Å². The molecule has 0 fully saturated rings. The molecule has 3 heteroatoms. The van der Waals surface area contributed by atoms with Crippen molar-refractivity contribution in [3.05, 3.63) is 30.1 Å². The normalized spacial score (nSPS) is 11.1. The zero-order chi connectivity index (χ0) is 13.1. The van der Waals surface area contributed by atoms with Crippen molar-refractivity contribution in [2.24, 2.45) is 5.92 Å². The summed E-state index contributed by atoms with van der Waals surface area (Å²) in [7, 11) is 0. The van der Waals surface area contributed by atoms with Gasteiger partial charge in [-0.1, -0.05) is 19.9 Å². The molecule has 3 nitrogen and oxygen atoms in total. The maximum Gasteiger partial charge on any atom is 0.0299 e. The van der Waals surface area contributed by atoms with E-state index in [-0.39, 0.29) is 0 Å². The maximum atomic E-state index is 4.12. The van der Waals surface area contributed by atoms with Crippen LogP contribution in [-0.2, 0) is 6.42 Å². The maximum absolute atomic E-state index is 4.12. The predicted octanol–water partition coefficient (Wildman–Crippen LogP) is 2.24. The lowest BCUT2D eigenvalue weighted by Gasteiger charge is -2.08. The zero-order valence-corrected chi connectivity index (χ0v) is 11.8. The average Bonchev–Trinajstić information content (AvgIpc) is 2.37. The van der Waals surface area contributed by atoms with Crippen LogP contribution in [0.15, 0.2) is 24.5 Å². The van der Waals surface area contributed by atoms with Crippen LogP contribution in [0.5, 0.6) is 0 Å². The first kappa shape index (κ1) is 15.1. The Morgan fingerprint density at radius 1 is 1.11 bits per heavy atom. The van der Waals surface area contributed by atoms with E-state index < -0.39 is 0 Å². The molecule has 1 aromatic rings. The van der Waals surface area contributed by atoms with Crippen LogP contribution in [0, 0.1) is 5.92 Å². The molecule has 1 heterocycles. The fourth-order valence-corrected chi connectivity index (χ4v) is 1.82. The van der Waals surface area contributed by atoms with Gasteiger partial charge in [0.15, 0.2) is 0 Å². The summed E-state index contributed by atoms with van der Waals surface area (Å²) < 4.78 is 0. The van der Waals surface area contributed by atoms with Crippen molar-refractivity contribution in [1.82, 2.24) is 15.6 Å². The highest BCUT2D eigenvalue weighted by Gasteiger charge is 1.94. The molecule has 0 aliphatic rings. The van der Waals surface area contributed by atoms with Crippen molar-refractivity contribution in [2.45, 2.75) is 33.1 Å². The summed E-state index contributed by atoms with van der Waals surface area (Å²) in [6, 6.07) is 4.14. The van der Waals surface area contributed by atoms with Gasteiger partial charge in [-0.2, -0.15) is 0 Å². The molecule has 0 spiro atoms. The van der Waals surface area contributed by atoms with E-state index in [4.69, 9.17) is 0 Å². The van der Waals surface area contributed by atoms with E-state index in [0.29, 0.717) is 0 Å². The number of aryl methyl sites for hydroxylation is 1. The third-order valence-electron chi connectivity index (χ3n) is 2.80. The van der Waals surface area contributed by atoms with E-state index in [1.54, 1.807) is 0 Å². The molecule has 1 aromatic heterocycles. The fourth-order valence-electron chi connectivity index (χ4n) is 1.82. The molecule has 0 aliphatic heterocycles. The van der Waals surface area contributed by atoms with Crippen molar-refractivity contribution in [1.29, 1.82) is 0 Å². The number of pyridine rings is 1. The smallest absolute Gasteiger partial charge is 0.0299 e. The summed E-state index contributed by atoms with van der Waals surface area (Å²) in [5.74, 6) is 0.748. The zero-order valence-electron chi connectivity index (χ0n) is 11.8. The van der Waals surface area contributed by atoms with E-state index in [9.17, 15) is 0 Å². The first-order chi connectivity index (χ1) is 8.79. The van der Waals surface area contributed by atoms with Crippen molar-refractivity contribution in [3.63, 3.8) is 0 Å². The SMILES string of the molecule is CC(C)CNCCCNCCCc1cccnc1. The molecule has 0 bridgehead atoms. The van der Waals surface area contributed by atoms with Gasteiger partial charge in [-0.05, 0) is 63.0 Å². The molecule has 0 aromatic carbocycles. The van der Waals surface area contributed by atoms with Gasteiger partial charge in [0.1, 0.15) is 0 Å². The lowest BCUT2D eigenvalue weighted by Crippen LogP contribution is -2.25. The van der Waals surface area contributed by atoms with Gasteiger partial charge in [-0.3, -0.25) is 4.98 Å². The Bertz CT molecular complexity index is 285. The van der Waals surface area contributed by atoms with Gasteiger partial charge < -0.3 is 10.6 Å². The number of hydrogen-bond donors (Lipinski definition) is 2. The summed E-state index contributed by atoms with van der Waals surface area (Å²) in [6.45, 7) is 8.93. The highest BCUT2D eigenvalue weighted by atomic mass is 14.9. The van der Waals surface area contributed by atoms with Crippen molar-refractivity contribution in [3.8, 4) is 0 Å². The highest BCUT2D eigenvalue weighted by Crippen LogP contribution is 1.99. The number of hydrogen-bond acceptors (Lipinski definition) is 3. The van der Waals surface area contributed by atoms with Crippen molar-refractivity contribution in [2.75, 3.05) is 26.2 Å². The van der Waals surface area contributed by atoms with Gasteiger partial charge in [0.25, 0.3) is 0 Å². The third-order valence-corrected chi connectivity index (χ3v) is 2.80. The quantitative estimate of drug-likeness (QED) is 0.624. The molecular weight excluding hydrogens is 222 g/mol. The van der Waals surface area contributed by atoms with Gasteiger partial charge in [0.05, 0.1) is 0 Å². The van der Waals surface area contributed by atoms with Gasteiger partial charge >= 0.3 is 0 Å². The first-order valence-electron chi connectivity index (χ1n) is 7.09. The Morgan fingerprint density at radius 3 is 2.61 bits per heavy atom. The van der Waals surface area contributed by atoms with E-state index >= 15 is 0 Å². The second-order valence-corrected chi connectivity index (χ2v) is 5.17. The summed E-state index contributed by atoms with van der Waals surface area (Å²) in [6.07, 6.45) is 7.29. The van der Waals surface area contributed by atoms with Crippen LogP contribution in [0.2, 0.25) is 0 Å². The van der Waals surface area contributed by atoms with E-state index in [0.717, 1.165) is 38.5 Å². The van der Waals surface area contributed by atoms with Crippen LogP contribution in [0.25, 0.3) is 0 Å². The second-order valence-electron chi connectivity index (χ2n) is 5.17. The Balaban J connectivity index is 1.84. The van der Waals surface area contributed by atoms with Gasteiger partial charge in [0, 0.05) is 12.4 Å². The molecule has 0 radical (unpaired) electrons. The molecule has 1 rings (SSSR count). The van der Waals surface area contributed by atoms with Crippen LogP contribution in [0.3, 0.4) is 0 Å². The Morgan fingerprint density at radius 2 is 1.89 bits per heavy atom. The van der Waals surface area contributed by atoms with Crippen LogP contribution in [0.4, 0.5) is 0 Å². The number of aromatic nitrogens is 1. The van der Waals surface area contributed by atoms with Gasteiger partial charge in [-0.15, -0.1) is 0 Å². The monoisotopic (exact) mass is 249 g/mol. The molecule has 18 heavy (non-hydrogen) atoms. The van der Waals surface area contributed by atoms with E-state index in [1.807, 2.05) is 18.5 Å². The summed E-state index contributed by atoms with van der Waals surface area (Å²) >= 11 is 0. The second kappa shape index (κ2) is 10.0. The standard InChI is InChI=1S/C15H27N3/c1-14(2)12-17-11-5-10-16-8-3-6-15-7-4-9-18-13-15/h4,7,9,13-14,16-17H,3,5-6,8,10-12H2,1-2H3. The van der Waals surface area contributed by atoms with E-state index in [2.05, 4.69) is 35.5 Å². The number of nitrogens with zero attached hydrogens (tertiary/aromatic N) is 1. The fraction of sp³-hybridized carbons (Fsp3) is 0.667. The number of nitrogens with one attached hydrogen (secondary N) is 2. The summed E-state index contributed by atoms with van der Waals surface area (Å²) in [5.41, 5.74) is 1.33. The lowest BCUT2D eigenvalue weighted by atomic mass is 10.1. The van der Waals surface area contributed by atoms with Crippen LogP contribution in [-0.4, -0.2) is 31.2 Å². The first-order valence-corrected chi connectivity index (χ1v) is 7.09. The van der Waals surface area contributed by atoms with Crippen LogP contribution < -0.4 is 10.6 Å². The minimum Gasteiger partial charge on any atom is -0.317 e. The summed E-state index contributed by atoms with van der Waals surface area (Å²) in [4.78, 5) is 4.12. The van der Waals surface area contributed by atoms with Crippen molar-refractivity contribution >= 4 is 0 Å². The largest absolute Gasteiger partial charge is 0.317 e. The third kappa shape index (κ3) is 8.20. The Labute approximate surface area is 111 Å². The molecule has 102 valence electrons. The Hall–Kier alpha value is -0.930. The van der Waals surface area contributed by atoms with E-state index in [1.165, 1.54) is 18.4 Å². The van der Waals surface area contributed by atoms with Gasteiger partial charge in [0.2, 0.25) is 0 Å². The molecule has 0 saturated heterocycles. The lowest BCUT2D eigenvalue weighted by molar-refractivity contribution is 0.528. The van der Waals surface area contributed by atoms with Gasteiger partial charge in [-0.25, -0.2) is 0 Å². The molecule has 0 aliphatic carbocycles. The molecular formula is C15H27N3. The summed E-state index contributed by atoms with van der Waals surface area (Å²) in [5, 5.41) is 6.94. The van der Waals surface area contributed by atoms with Crippen molar-refractivity contribution < 1.29 is 0 Å². The number of rotatable bonds is 10. The average molecular weight is 249 g/mol. The molecule has 0 unspecified atom stereocenters. The minimum atomic E-state index is 0.748. The molecule has 0 amide bonds. The molecule has 0 atom stereocenters. The molecule has 0 saturated carbocycles. The topological polar surface area (TPSA) is 37.0 Å². The highest BCUT2D eigenvalue weighted by molar-refractivity contribution is 5.08. The minimum absolute atomic E-state index is 0.748. The molecule has 2 N–H and O–H groups in total. The van der Waals surface area contributed by atoms with Crippen LogP contribution in [0.1, 0.15) is 32.3 Å². The Kier molecular flexibility index (Phi) is 8.43. The predicted molar refractivity (Wildman–Crippen MR) is 77.8 cm³/mol.